The van der Waals surface area contributed by atoms with E-state index in [0.29, 0.717) is 42.4 Å². The number of aryl methyl sites for hydroxylation is 1. The zero-order chi connectivity index (χ0) is 19.5. The Kier molecular flexibility index (Phi) is 4.84. The molecular formula is C20H20N6O2. The molecule has 0 radical (unpaired) electrons. The maximum Gasteiger partial charge on any atom is 0.276 e. The predicted octanol–water partition coefficient (Wildman–Crippen LogP) is 2.14. The van der Waals surface area contributed by atoms with Crippen molar-refractivity contribution in [1.29, 1.82) is 0 Å². The molecule has 0 saturated heterocycles. The van der Waals surface area contributed by atoms with Gasteiger partial charge in [-0.15, -0.1) is 0 Å². The first-order chi connectivity index (χ1) is 13.6. The second kappa shape index (κ2) is 7.59. The number of rotatable bonds is 4. The van der Waals surface area contributed by atoms with Crippen molar-refractivity contribution in [2.75, 3.05) is 11.9 Å². The maximum absolute atomic E-state index is 12.7. The number of anilines is 1. The van der Waals surface area contributed by atoms with Gasteiger partial charge in [0, 0.05) is 31.0 Å². The molecule has 0 saturated carbocycles. The Bertz CT molecular complexity index is 997. The van der Waals surface area contributed by atoms with Crippen molar-refractivity contribution in [2.24, 2.45) is 0 Å². The summed E-state index contributed by atoms with van der Waals surface area (Å²) in [4.78, 5) is 35.3. The summed E-state index contributed by atoms with van der Waals surface area (Å²) < 4.78 is 1.78. The van der Waals surface area contributed by atoms with E-state index in [9.17, 15) is 9.59 Å². The van der Waals surface area contributed by atoms with Gasteiger partial charge in [-0.2, -0.15) is 5.10 Å². The molecule has 0 spiro atoms. The van der Waals surface area contributed by atoms with Crippen molar-refractivity contribution in [1.82, 2.24) is 24.6 Å². The lowest BCUT2D eigenvalue weighted by Crippen LogP contribution is -2.38. The molecule has 1 aliphatic rings. The number of para-hydroxylation sites is 1. The van der Waals surface area contributed by atoms with E-state index in [1.54, 1.807) is 28.0 Å². The third-order valence-electron chi connectivity index (χ3n) is 4.62. The van der Waals surface area contributed by atoms with E-state index in [0.717, 1.165) is 12.1 Å². The normalized spacial score (nSPS) is 13.1. The van der Waals surface area contributed by atoms with Gasteiger partial charge >= 0.3 is 0 Å². The Hall–Kier alpha value is -3.55. The highest BCUT2D eigenvalue weighted by molar-refractivity contribution is 6.03. The van der Waals surface area contributed by atoms with Crippen molar-refractivity contribution in [3.05, 3.63) is 71.6 Å². The van der Waals surface area contributed by atoms with Crippen molar-refractivity contribution in [2.45, 2.75) is 26.4 Å². The summed E-state index contributed by atoms with van der Waals surface area (Å²) in [7, 11) is 0. The Morgan fingerprint density at radius 2 is 1.86 bits per heavy atom. The van der Waals surface area contributed by atoms with Crippen LogP contribution >= 0.6 is 0 Å². The average Bonchev–Trinajstić information content (AvgIpc) is 3.17. The van der Waals surface area contributed by atoms with Crippen LogP contribution in [0, 0.1) is 0 Å². The summed E-state index contributed by atoms with van der Waals surface area (Å²) in [6, 6.07) is 11.0. The standard InChI is InChI=1S/C20H20N6O2/c1-2-18-21-11-14(12-22-18)20(28)25-8-9-26-16(13-25)10-17(24-26)19(27)23-15-6-4-3-5-7-15/h3-7,10-12H,2,8-9,13H2,1H3,(H,23,27). The van der Waals surface area contributed by atoms with E-state index in [2.05, 4.69) is 20.4 Å². The predicted molar refractivity (Wildman–Crippen MR) is 103 cm³/mol. The van der Waals surface area contributed by atoms with Crippen LogP contribution in [0.1, 0.15) is 39.3 Å². The van der Waals surface area contributed by atoms with E-state index in [4.69, 9.17) is 0 Å². The molecule has 0 fully saturated rings. The summed E-state index contributed by atoms with van der Waals surface area (Å²) in [5, 5.41) is 7.20. The van der Waals surface area contributed by atoms with Gasteiger partial charge < -0.3 is 10.2 Å². The van der Waals surface area contributed by atoms with E-state index in [1.165, 1.54) is 0 Å². The number of carbonyl (C=O) groups excluding carboxylic acids is 2. The molecule has 8 nitrogen and oxygen atoms in total. The molecule has 3 heterocycles. The largest absolute Gasteiger partial charge is 0.331 e. The van der Waals surface area contributed by atoms with E-state index < -0.39 is 0 Å². The van der Waals surface area contributed by atoms with Crippen LogP contribution in [-0.4, -0.2) is 43.0 Å². The van der Waals surface area contributed by atoms with Gasteiger partial charge in [0.05, 0.1) is 24.3 Å². The van der Waals surface area contributed by atoms with Crippen LogP contribution in [0.3, 0.4) is 0 Å². The number of carbonyl (C=O) groups is 2. The lowest BCUT2D eigenvalue weighted by molar-refractivity contribution is 0.0704. The highest BCUT2D eigenvalue weighted by atomic mass is 16.2. The average molecular weight is 376 g/mol. The number of nitrogens with one attached hydrogen (secondary N) is 1. The summed E-state index contributed by atoms with van der Waals surface area (Å²) in [5.41, 5.74) is 2.34. The molecule has 142 valence electrons. The molecule has 4 rings (SSSR count). The lowest BCUT2D eigenvalue weighted by atomic mass is 10.2. The van der Waals surface area contributed by atoms with Gasteiger partial charge in [0.1, 0.15) is 5.82 Å². The van der Waals surface area contributed by atoms with Crippen LogP contribution in [0.15, 0.2) is 48.8 Å². The molecule has 0 bridgehead atoms. The van der Waals surface area contributed by atoms with Gasteiger partial charge in [-0.05, 0) is 18.2 Å². The first-order valence-corrected chi connectivity index (χ1v) is 9.17. The fourth-order valence-corrected chi connectivity index (χ4v) is 3.10. The Balaban J connectivity index is 1.46. The highest BCUT2D eigenvalue weighted by Crippen LogP contribution is 2.17. The van der Waals surface area contributed by atoms with Crippen molar-refractivity contribution >= 4 is 17.5 Å². The molecule has 1 aliphatic heterocycles. The molecule has 1 N–H and O–H groups in total. The summed E-state index contributed by atoms with van der Waals surface area (Å²) >= 11 is 0. The minimum atomic E-state index is -0.269. The van der Waals surface area contributed by atoms with Crippen LogP contribution < -0.4 is 5.32 Å². The Morgan fingerprint density at radius 3 is 2.57 bits per heavy atom. The molecule has 3 aromatic rings. The summed E-state index contributed by atoms with van der Waals surface area (Å²) in [6.45, 7) is 3.41. The van der Waals surface area contributed by atoms with Crippen molar-refractivity contribution in [3.63, 3.8) is 0 Å². The minimum Gasteiger partial charge on any atom is -0.331 e. The number of amides is 2. The van der Waals surface area contributed by atoms with Gasteiger partial charge in [0.25, 0.3) is 11.8 Å². The van der Waals surface area contributed by atoms with Gasteiger partial charge in [0.15, 0.2) is 5.69 Å². The topological polar surface area (TPSA) is 93.0 Å². The van der Waals surface area contributed by atoms with Gasteiger partial charge in [-0.1, -0.05) is 25.1 Å². The molecule has 1 aromatic carbocycles. The maximum atomic E-state index is 12.7. The second-order valence-electron chi connectivity index (χ2n) is 6.53. The second-order valence-corrected chi connectivity index (χ2v) is 6.53. The third kappa shape index (κ3) is 3.62. The zero-order valence-corrected chi connectivity index (χ0v) is 15.5. The minimum absolute atomic E-state index is 0.120. The first kappa shape index (κ1) is 17.8. The molecule has 8 heteroatoms. The summed E-state index contributed by atoms with van der Waals surface area (Å²) in [6.07, 6.45) is 3.86. The van der Waals surface area contributed by atoms with E-state index in [1.807, 2.05) is 37.3 Å². The van der Waals surface area contributed by atoms with Crippen molar-refractivity contribution < 1.29 is 9.59 Å². The molecule has 0 unspecified atom stereocenters. The van der Waals surface area contributed by atoms with Crippen LogP contribution in [0.25, 0.3) is 0 Å². The molecular weight excluding hydrogens is 356 g/mol. The lowest BCUT2D eigenvalue weighted by Gasteiger charge is -2.27. The molecule has 0 aliphatic carbocycles. The molecule has 28 heavy (non-hydrogen) atoms. The fourth-order valence-electron chi connectivity index (χ4n) is 3.10. The third-order valence-corrected chi connectivity index (χ3v) is 4.62. The van der Waals surface area contributed by atoms with Crippen LogP contribution in [0.4, 0.5) is 5.69 Å². The number of fused-ring (bicyclic) bond motifs is 1. The molecule has 0 atom stereocenters. The molecule has 2 amide bonds. The smallest absolute Gasteiger partial charge is 0.276 e. The highest BCUT2D eigenvalue weighted by Gasteiger charge is 2.25. The van der Waals surface area contributed by atoms with E-state index >= 15 is 0 Å². The number of benzene rings is 1. The number of nitrogens with zero attached hydrogens (tertiary/aromatic N) is 5. The van der Waals surface area contributed by atoms with Crippen molar-refractivity contribution in [3.8, 4) is 0 Å². The zero-order valence-electron chi connectivity index (χ0n) is 15.5. The number of aromatic nitrogens is 4. The van der Waals surface area contributed by atoms with Crippen LogP contribution in [-0.2, 0) is 19.5 Å². The Labute approximate surface area is 162 Å². The quantitative estimate of drug-likeness (QED) is 0.753. The van der Waals surface area contributed by atoms with Gasteiger partial charge in [-0.25, -0.2) is 9.97 Å². The van der Waals surface area contributed by atoms with Gasteiger partial charge in [0.2, 0.25) is 0 Å². The first-order valence-electron chi connectivity index (χ1n) is 9.17. The SMILES string of the molecule is CCc1ncc(C(=O)N2CCn3nc(C(=O)Nc4ccccc4)cc3C2)cn1. The monoisotopic (exact) mass is 376 g/mol. The fraction of sp³-hybridized carbons (Fsp3) is 0.250. The van der Waals surface area contributed by atoms with E-state index in [-0.39, 0.29) is 11.8 Å². The van der Waals surface area contributed by atoms with Crippen LogP contribution in [0.2, 0.25) is 0 Å². The molecule has 2 aromatic heterocycles. The van der Waals surface area contributed by atoms with Crippen LogP contribution in [0.5, 0.6) is 0 Å². The summed E-state index contributed by atoms with van der Waals surface area (Å²) in [5.74, 6) is 0.322. The Morgan fingerprint density at radius 1 is 1.11 bits per heavy atom. The number of hydrogen-bond acceptors (Lipinski definition) is 5. The number of hydrogen-bond donors (Lipinski definition) is 1. The van der Waals surface area contributed by atoms with Gasteiger partial charge in [-0.3, -0.25) is 14.3 Å².